The number of hydrogen-bond donors (Lipinski definition) is 1. The number of sulfonamides is 1. The van der Waals surface area contributed by atoms with Crippen molar-refractivity contribution in [2.45, 2.75) is 38.1 Å². The highest BCUT2D eigenvalue weighted by molar-refractivity contribution is 7.90. The van der Waals surface area contributed by atoms with Gasteiger partial charge in [-0.25, -0.2) is 13.1 Å². The van der Waals surface area contributed by atoms with Crippen molar-refractivity contribution in [3.63, 3.8) is 0 Å². The fourth-order valence-corrected chi connectivity index (χ4v) is 4.18. The van der Waals surface area contributed by atoms with Gasteiger partial charge in [-0.05, 0) is 38.9 Å². The molecule has 0 unspecified atom stereocenters. The van der Waals surface area contributed by atoms with Gasteiger partial charge < -0.3 is 4.57 Å². The van der Waals surface area contributed by atoms with Gasteiger partial charge in [-0.2, -0.15) is 0 Å². The summed E-state index contributed by atoms with van der Waals surface area (Å²) in [6.07, 6.45) is 2.73. The number of aryl methyl sites for hydroxylation is 1. The topological polar surface area (TPSA) is 54.3 Å². The molecule has 1 aromatic heterocycles. The van der Waals surface area contributed by atoms with Crippen LogP contribution in [0.4, 0.5) is 0 Å². The molecule has 0 amide bonds. The minimum Gasteiger partial charge on any atom is -0.353 e. The molecule has 1 atom stereocenters. The number of nitrogens with zero attached hydrogens (tertiary/aromatic N) is 2. The van der Waals surface area contributed by atoms with E-state index in [1.807, 2.05) is 33.2 Å². The van der Waals surface area contributed by atoms with E-state index in [2.05, 4.69) is 20.3 Å². The molecule has 2 heterocycles. The molecule has 0 aromatic carbocycles. The summed E-state index contributed by atoms with van der Waals surface area (Å²) in [5.74, 6) is 0. The van der Waals surface area contributed by atoms with Crippen molar-refractivity contribution in [1.82, 2.24) is 14.2 Å². The first-order valence-corrected chi connectivity index (χ1v) is 8.27. The van der Waals surface area contributed by atoms with E-state index in [4.69, 9.17) is 0 Å². The van der Waals surface area contributed by atoms with Crippen molar-refractivity contribution >= 4 is 10.0 Å². The molecule has 1 aliphatic heterocycles. The van der Waals surface area contributed by atoms with Crippen molar-refractivity contribution in [1.29, 1.82) is 0 Å². The summed E-state index contributed by atoms with van der Waals surface area (Å²) >= 11 is 0. The normalized spacial score (nSPS) is 21.4. The molecule has 19 heavy (non-hydrogen) atoms. The second-order valence-corrected chi connectivity index (χ2v) is 7.57. The molecule has 6 heteroatoms. The minimum atomic E-state index is -3.18. The zero-order chi connectivity index (χ0) is 14.0. The zero-order valence-electron chi connectivity index (χ0n) is 11.8. The predicted octanol–water partition coefficient (Wildman–Crippen LogP) is 0.927. The Labute approximate surface area is 115 Å². The van der Waals surface area contributed by atoms with Crippen LogP contribution in [0.5, 0.6) is 0 Å². The van der Waals surface area contributed by atoms with Crippen molar-refractivity contribution in [2.75, 3.05) is 13.1 Å². The van der Waals surface area contributed by atoms with Gasteiger partial charge in [-0.1, -0.05) is 0 Å². The quantitative estimate of drug-likeness (QED) is 0.875. The number of likely N-dealkylation sites (tertiary alicyclic amines) is 1. The molecule has 0 bridgehead atoms. The van der Waals surface area contributed by atoms with Gasteiger partial charge in [0.2, 0.25) is 10.0 Å². The van der Waals surface area contributed by atoms with Crippen molar-refractivity contribution in [3.05, 3.63) is 24.0 Å². The van der Waals surface area contributed by atoms with Gasteiger partial charge >= 0.3 is 0 Å². The van der Waals surface area contributed by atoms with E-state index in [1.165, 1.54) is 5.69 Å². The number of aromatic nitrogens is 1. The molecule has 1 saturated heterocycles. The van der Waals surface area contributed by atoms with Crippen LogP contribution in [0.25, 0.3) is 0 Å². The summed E-state index contributed by atoms with van der Waals surface area (Å²) in [6.45, 7) is 5.99. The molecule has 5 nitrogen and oxygen atoms in total. The summed E-state index contributed by atoms with van der Waals surface area (Å²) < 4.78 is 29.0. The van der Waals surface area contributed by atoms with Crippen molar-refractivity contribution in [2.24, 2.45) is 7.05 Å². The van der Waals surface area contributed by atoms with E-state index < -0.39 is 10.0 Å². The van der Waals surface area contributed by atoms with Gasteiger partial charge in [-0.15, -0.1) is 0 Å². The third-order valence-electron chi connectivity index (χ3n) is 3.50. The van der Waals surface area contributed by atoms with Gasteiger partial charge in [0.25, 0.3) is 0 Å². The lowest BCUT2D eigenvalue weighted by Gasteiger charge is -2.18. The second kappa shape index (κ2) is 5.64. The van der Waals surface area contributed by atoms with E-state index in [0.29, 0.717) is 13.0 Å². The molecular weight excluding hydrogens is 262 g/mol. The highest BCUT2D eigenvalue weighted by Crippen LogP contribution is 2.19. The summed E-state index contributed by atoms with van der Waals surface area (Å²) in [4.78, 5) is 2.21. The zero-order valence-corrected chi connectivity index (χ0v) is 12.7. The van der Waals surface area contributed by atoms with Crippen LogP contribution in [0, 0.1) is 0 Å². The highest BCUT2D eigenvalue weighted by Gasteiger charge is 2.33. The summed E-state index contributed by atoms with van der Waals surface area (Å²) in [5.41, 5.74) is 1.22. The maximum atomic E-state index is 12.1. The lowest BCUT2D eigenvalue weighted by Crippen LogP contribution is -2.39. The summed E-state index contributed by atoms with van der Waals surface area (Å²) in [6, 6.07) is 4.06. The van der Waals surface area contributed by atoms with Crippen LogP contribution in [-0.2, 0) is 23.6 Å². The first-order valence-electron chi connectivity index (χ1n) is 6.72. The van der Waals surface area contributed by atoms with Gasteiger partial charge in [0.1, 0.15) is 0 Å². The Balaban J connectivity index is 1.95. The fraction of sp³-hybridized carbons (Fsp3) is 0.692. The molecule has 1 fully saturated rings. The minimum absolute atomic E-state index is 0.0353. The van der Waals surface area contributed by atoms with Crippen molar-refractivity contribution in [3.8, 4) is 0 Å². The van der Waals surface area contributed by atoms with E-state index in [0.717, 1.165) is 13.1 Å². The summed E-state index contributed by atoms with van der Waals surface area (Å²) in [7, 11) is -1.17. The molecule has 108 valence electrons. The molecule has 0 radical (unpaired) electrons. The number of nitrogens with one attached hydrogen (secondary N) is 1. The Morgan fingerprint density at radius 1 is 1.47 bits per heavy atom. The Morgan fingerprint density at radius 2 is 2.21 bits per heavy atom. The standard InChI is InChI=1S/C13H23N3O2S/c1-11(2)14-19(17,18)13-6-8-16(10-13)9-12-5-4-7-15(12)3/h4-5,7,11,13-14H,6,8-10H2,1-3H3/t13-/m1/s1. The molecule has 2 rings (SSSR count). The predicted molar refractivity (Wildman–Crippen MR) is 76.3 cm³/mol. The Morgan fingerprint density at radius 3 is 2.79 bits per heavy atom. The van der Waals surface area contributed by atoms with Crippen LogP contribution in [0.15, 0.2) is 18.3 Å². The van der Waals surface area contributed by atoms with Crippen molar-refractivity contribution < 1.29 is 8.42 Å². The number of rotatable bonds is 5. The monoisotopic (exact) mass is 285 g/mol. The lowest BCUT2D eigenvalue weighted by molar-refractivity contribution is 0.323. The van der Waals surface area contributed by atoms with E-state index in [9.17, 15) is 8.42 Å². The van der Waals surface area contributed by atoms with Crippen LogP contribution in [-0.4, -0.2) is 42.3 Å². The summed E-state index contributed by atoms with van der Waals surface area (Å²) in [5, 5.41) is -0.282. The second-order valence-electron chi connectivity index (χ2n) is 5.57. The average Bonchev–Trinajstić information content (AvgIpc) is 2.88. The highest BCUT2D eigenvalue weighted by atomic mass is 32.2. The fourth-order valence-electron chi connectivity index (χ4n) is 2.51. The molecule has 1 aromatic rings. The average molecular weight is 285 g/mol. The third-order valence-corrected chi connectivity index (χ3v) is 5.57. The van der Waals surface area contributed by atoms with E-state index in [-0.39, 0.29) is 11.3 Å². The maximum absolute atomic E-state index is 12.1. The maximum Gasteiger partial charge on any atom is 0.216 e. The van der Waals surface area contributed by atoms with Crippen LogP contribution in [0.3, 0.4) is 0 Å². The molecule has 1 aliphatic rings. The van der Waals surface area contributed by atoms with E-state index in [1.54, 1.807) is 0 Å². The molecule has 1 N–H and O–H groups in total. The van der Waals surface area contributed by atoms with Crippen LogP contribution < -0.4 is 4.72 Å². The van der Waals surface area contributed by atoms with Crippen LogP contribution >= 0.6 is 0 Å². The van der Waals surface area contributed by atoms with E-state index >= 15 is 0 Å². The Bertz CT molecular complexity index is 522. The Kier molecular flexibility index (Phi) is 4.32. The first-order chi connectivity index (χ1) is 8.88. The van der Waals surface area contributed by atoms with Gasteiger partial charge in [0.15, 0.2) is 0 Å². The molecule has 0 saturated carbocycles. The SMILES string of the molecule is CC(C)NS(=O)(=O)[C@@H]1CCN(Cc2cccn2C)C1. The first kappa shape index (κ1) is 14.6. The van der Waals surface area contributed by atoms with Gasteiger partial charge in [0.05, 0.1) is 5.25 Å². The van der Waals surface area contributed by atoms with Crippen LogP contribution in [0.1, 0.15) is 26.0 Å². The molecule has 0 aliphatic carbocycles. The van der Waals surface area contributed by atoms with Gasteiger partial charge in [-0.3, -0.25) is 4.90 Å². The van der Waals surface area contributed by atoms with Crippen LogP contribution in [0.2, 0.25) is 0 Å². The largest absolute Gasteiger partial charge is 0.353 e. The van der Waals surface area contributed by atoms with Gasteiger partial charge in [0, 0.05) is 38.1 Å². The smallest absolute Gasteiger partial charge is 0.216 e. The third kappa shape index (κ3) is 3.58. The Hall–Kier alpha value is -0.850. The molecule has 0 spiro atoms. The number of hydrogen-bond acceptors (Lipinski definition) is 3. The molecular formula is C13H23N3O2S. The lowest BCUT2D eigenvalue weighted by atomic mass is 10.4.